The summed E-state index contributed by atoms with van der Waals surface area (Å²) >= 11 is 0. The molecule has 1 atom stereocenters. The molecule has 3 heteroatoms. The molecule has 10 heavy (non-hydrogen) atoms. The van der Waals surface area contributed by atoms with Crippen molar-refractivity contribution in [2.75, 3.05) is 13.1 Å². The van der Waals surface area contributed by atoms with Gasteiger partial charge in [0.1, 0.15) is 0 Å². The smallest absolute Gasteiger partial charge is 0.0606 e. The fourth-order valence-corrected chi connectivity index (χ4v) is 0.407. The molecule has 0 radical (unpaired) electrons. The summed E-state index contributed by atoms with van der Waals surface area (Å²) < 4.78 is 0. The lowest BCUT2D eigenvalue weighted by Crippen LogP contribution is -2.34. The van der Waals surface area contributed by atoms with Crippen molar-refractivity contribution in [2.45, 2.75) is 20.0 Å². The second-order valence-corrected chi connectivity index (χ2v) is 2.00. The lowest BCUT2D eigenvalue weighted by Gasteiger charge is -2.01. The molecule has 0 aromatic heterocycles. The molecule has 0 heterocycles. The second kappa shape index (κ2) is 6.40. The zero-order chi connectivity index (χ0) is 7.82. The van der Waals surface area contributed by atoms with Crippen LogP contribution in [0.3, 0.4) is 0 Å². The molecule has 1 unspecified atom stereocenters. The summed E-state index contributed by atoms with van der Waals surface area (Å²) in [7, 11) is 0. The predicted octanol–water partition coefficient (Wildman–Crippen LogP) is -0.549. The van der Waals surface area contributed by atoms with Crippen LogP contribution in [0.4, 0.5) is 0 Å². The maximum atomic E-state index is 5.41. The van der Waals surface area contributed by atoms with E-state index in [0.29, 0.717) is 6.54 Å². The van der Waals surface area contributed by atoms with Gasteiger partial charge in [-0.25, -0.2) is 0 Å². The Hall–Kier alpha value is -0.720. The van der Waals surface area contributed by atoms with Gasteiger partial charge in [0.2, 0.25) is 0 Å². The minimum absolute atomic E-state index is 0.0240. The molecule has 0 bridgehead atoms. The molecular weight excluding hydrogens is 126 g/mol. The molecule has 58 valence electrons. The highest BCUT2D eigenvalue weighted by molar-refractivity contribution is 4.98. The summed E-state index contributed by atoms with van der Waals surface area (Å²) in [6, 6.07) is 2.77. The molecule has 0 saturated heterocycles. The molecule has 4 N–H and O–H groups in total. The van der Waals surface area contributed by atoms with Gasteiger partial charge in [0.25, 0.3) is 0 Å². The van der Waals surface area contributed by atoms with Crippen molar-refractivity contribution in [1.29, 1.82) is 0 Å². The lowest BCUT2D eigenvalue weighted by atomic mass is 10.5. The summed E-state index contributed by atoms with van der Waals surface area (Å²) in [5.74, 6) is 2.87. The minimum atomic E-state index is 0.0240. The van der Waals surface area contributed by atoms with E-state index in [1.807, 2.05) is 13.8 Å². The molecule has 0 aromatic rings. The Morgan fingerprint density at radius 2 is 2.30 bits per heavy atom. The first-order valence-corrected chi connectivity index (χ1v) is 3.47. The van der Waals surface area contributed by atoms with Gasteiger partial charge in [0.05, 0.1) is 12.7 Å². The molecule has 0 fully saturated rings. The lowest BCUT2D eigenvalue weighted by molar-refractivity contribution is 0.612. The van der Waals surface area contributed by atoms with Crippen LogP contribution in [0.5, 0.6) is 0 Å². The summed E-state index contributed by atoms with van der Waals surface area (Å²) in [5, 5.41) is 5.85. The molecule has 0 aliphatic heterocycles. The normalized spacial score (nSPS) is 11.5. The Morgan fingerprint density at radius 1 is 1.60 bits per heavy atom. The monoisotopic (exact) mass is 141 g/mol. The molecule has 0 aromatic carbocycles. The number of hydrogen-bond donors (Lipinski definition) is 3. The van der Waals surface area contributed by atoms with E-state index >= 15 is 0 Å². The SMILES string of the molecule is CCNC#CCNC(C)N. The maximum Gasteiger partial charge on any atom is 0.0606 e. The predicted molar refractivity (Wildman–Crippen MR) is 43.1 cm³/mol. The Balaban J connectivity index is 3.12. The van der Waals surface area contributed by atoms with Crippen LogP contribution >= 0.6 is 0 Å². The molecule has 0 amide bonds. The van der Waals surface area contributed by atoms with Crippen LogP contribution in [0.1, 0.15) is 13.8 Å². The third kappa shape index (κ3) is 7.28. The average Bonchev–Trinajstić information content (AvgIpc) is 1.87. The van der Waals surface area contributed by atoms with Crippen molar-refractivity contribution in [2.24, 2.45) is 5.73 Å². The van der Waals surface area contributed by atoms with Crippen LogP contribution < -0.4 is 16.4 Å². The van der Waals surface area contributed by atoms with Gasteiger partial charge in [-0.1, -0.05) is 5.92 Å². The average molecular weight is 141 g/mol. The number of rotatable bonds is 3. The number of hydrogen-bond acceptors (Lipinski definition) is 3. The summed E-state index contributed by atoms with van der Waals surface area (Å²) in [6.07, 6.45) is 0.0240. The molecule has 3 nitrogen and oxygen atoms in total. The van der Waals surface area contributed by atoms with Crippen molar-refractivity contribution in [3.8, 4) is 12.0 Å². The van der Waals surface area contributed by atoms with Gasteiger partial charge < -0.3 is 11.1 Å². The highest BCUT2D eigenvalue weighted by Crippen LogP contribution is 1.62. The Morgan fingerprint density at radius 3 is 2.80 bits per heavy atom. The van der Waals surface area contributed by atoms with Gasteiger partial charge in [-0.15, -0.1) is 0 Å². The first-order valence-electron chi connectivity index (χ1n) is 3.47. The van der Waals surface area contributed by atoms with Crippen LogP contribution in [0, 0.1) is 12.0 Å². The minimum Gasteiger partial charge on any atom is -0.346 e. The highest BCUT2D eigenvalue weighted by atomic mass is 15.0. The van der Waals surface area contributed by atoms with Crippen LogP contribution in [0.25, 0.3) is 0 Å². The van der Waals surface area contributed by atoms with Crippen LogP contribution in [0.2, 0.25) is 0 Å². The topological polar surface area (TPSA) is 50.1 Å². The van der Waals surface area contributed by atoms with E-state index in [2.05, 4.69) is 22.6 Å². The van der Waals surface area contributed by atoms with Gasteiger partial charge in [-0.2, -0.15) is 0 Å². The van der Waals surface area contributed by atoms with E-state index in [-0.39, 0.29) is 6.17 Å². The second-order valence-electron chi connectivity index (χ2n) is 2.00. The molecule has 0 aliphatic rings. The molecule has 0 spiro atoms. The highest BCUT2D eigenvalue weighted by Gasteiger charge is 1.84. The zero-order valence-electron chi connectivity index (χ0n) is 6.57. The van der Waals surface area contributed by atoms with Crippen molar-refractivity contribution in [3.05, 3.63) is 0 Å². The zero-order valence-corrected chi connectivity index (χ0v) is 6.57. The number of nitrogens with two attached hydrogens (primary N) is 1. The van der Waals surface area contributed by atoms with Gasteiger partial charge in [-0.3, -0.25) is 5.32 Å². The van der Waals surface area contributed by atoms with E-state index in [0.717, 1.165) is 6.54 Å². The van der Waals surface area contributed by atoms with Crippen LogP contribution in [0.15, 0.2) is 0 Å². The fourth-order valence-electron chi connectivity index (χ4n) is 0.407. The van der Waals surface area contributed by atoms with Gasteiger partial charge in [0.15, 0.2) is 0 Å². The summed E-state index contributed by atoms with van der Waals surface area (Å²) in [6.45, 7) is 5.42. The van der Waals surface area contributed by atoms with Crippen LogP contribution in [-0.4, -0.2) is 19.3 Å². The largest absolute Gasteiger partial charge is 0.346 e. The quantitative estimate of drug-likeness (QED) is 0.281. The maximum absolute atomic E-state index is 5.41. The molecular formula is C7H15N3. The molecule has 0 aliphatic carbocycles. The van der Waals surface area contributed by atoms with Gasteiger partial charge in [-0.05, 0) is 13.8 Å². The Kier molecular flexibility index (Phi) is 5.94. The van der Waals surface area contributed by atoms with E-state index in [9.17, 15) is 0 Å². The van der Waals surface area contributed by atoms with Crippen molar-refractivity contribution in [3.63, 3.8) is 0 Å². The standard InChI is InChI=1S/C7H15N3/c1-3-9-5-4-6-10-7(2)8/h7,9-10H,3,6,8H2,1-2H3. The molecule has 0 rings (SSSR count). The summed E-state index contributed by atoms with van der Waals surface area (Å²) in [5.41, 5.74) is 5.41. The Labute approximate surface area is 62.4 Å². The molecule has 0 saturated carbocycles. The number of nitrogens with one attached hydrogen (secondary N) is 2. The fraction of sp³-hybridized carbons (Fsp3) is 0.714. The van der Waals surface area contributed by atoms with E-state index in [4.69, 9.17) is 5.73 Å². The summed E-state index contributed by atoms with van der Waals surface area (Å²) in [4.78, 5) is 0. The van der Waals surface area contributed by atoms with E-state index in [1.54, 1.807) is 0 Å². The van der Waals surface area contributed by atoms with Crippen LogP contribution in [-0.2, 0) is 0 Å². The van der Waals surface area contributed by atoms with Crippen molar-refractivity contribution >= 4 is 0 Å². The van der Waals surface area contributed by atoms with Crippen molar-refractivity contribution in [1.82, 2.24) is 10.6 Å². The third-order valence-electron chi connectivity index (χ3n) is 0.866. The van der Waals surface area contributed by atoms with Gasteiger partial charge in [0, 0.05) is 12.6 Å². The third-order valence-corrected chi connectivity index (χ3v) is 0.866. The Bertz CT molecular complexity index is 121. The van der Waals surface area contributed by atoms with E-state index in [1.165, 1.54) is 0 Å². The first kappa shape index (κ1) is 9.28. The van der Waals surface area contributed by atoms with Crippen molar-refractivity contribution < 1.29 is 0 Å². The van der Waals surface area contributed by atoms with Gasteiger partial charge >= 0.3 is 0 Å². The van der Waals surface area contributed by atoms with E-state index < -0.39 is 0 Å². The first-order chi connectivity index (χ1) is 4.77.